The minimum atomic E-state index is -0.288. The Labute approximate surface area is 140 Å². The molecule has 4 nitrogen and oxygen atoms in total. The molecule has 2 aromatic heterocycles. The normalized spacial score (nSPS) is 12.4. The number of aromatic nitrogens is 3. The lowest BCUT2D eigenvalue weighted by molar-refractivity contribution is 0.688. The molecule has 4 aromatic rings. The number of rotatable bonds is 4. The molecule has 0 amide bonds. The standard InChI is InChI=1S/C20H18N4/c21-19(16-10-12-22-13-11-16)20-23-17-8-4-5-9-18(17)24(20)14-15-6-2-1-3-7-15/h1-13,19H,14,21H2. The van der Waals surface area contributed by atoms with Crippen molar-refractivity contribution in [1.29, 1.82) is 0 Å². The van der Waals surface area contributed by atoms with Crippen LogP contribution in [0.15, 0.2) is 79.1 Å². The number of fused-ring (bicyclic) bond motifs is 1. The first-order chi connectivity index (χ1) is 11.8. The number of nitrogens with two attached hydrogens (primary N) is 1. The van der Waals surface area contributed by atoms with Crippen molar-refractivity contribution in [2.24, 2.45) is 5.73 Å². The van der Waals surface area contributed by atoms with Gasteiger partial charge in [-0.25, -0.2) is 4.98 Å². The van der Waals surface area contributed by atoms with Gasteiger partial charge in [0.1, 0.15) is 5.82 Å². The molecule has 1 unspecified atom stereocenters. The Kier molecular flexibility index (Phi) is 3.81. The highest BCUT2D eigenvalue weighted by molar-refractivity contribution is 5.76. The number of pyridine rings is 1. The number of benzene rings is 2. The van der Waals surface area contributed by atoms with Crippen LogP contribution in [-0.4, -0.2) is 14.5 Å². The molecule has 0 bridgehead atoms. The minimum absolute atomic E-state index is 0.288. The number of para-hydroxylation sites is 2. The molecule has 0 spiro atoms. The van der Waals surface area contributed by atoms with Gasteiger partial charge in [0, 0.05) is 18.9 Å². The molecule has 0 fully saturated rings. The van der Waals surface area contributed by atoms with Gasteiger partial charge in [0.25, 0.3) is 0 Å². The average Bonchev–Trinajstić information content (AvgIpc) is 3.01. The molecule has 0 radical (unpaired) electrons. The summed E-state index contributed by atoms with van der Waals surface area (Å²) in [4.78, 5) is 8.87. The monoisotopic (exact) mass is 314 g/mol. The van der Waals surface area contributed by atoms with Crippen LogP contribution in [0.25, 0.3) is 11.0 Å². The fourth-order valence-electron chi connectivity index (χ4n) is 2.98. The first-order valence-corrected chi connectivity index (χ1v) is 7.97. The van der Waals surface area contributed by atoms with Crippen molar-refractivity contribution in [3.63, 3.8) is 0 Å². The van der Waals surface area contributed by atoms with E-state index in [2.05, 4.69) is 39.9 Å². The second kappa shape index (κ2) is 6.26. The highest BCUT2D eigenvalue weighted by Gasteiger charge is 2.18. The van der Waals surface area contributed by atoms with Gasteiger partial charge in [-0.1, -0.05) is 42.5 Å². The Bertz CT molecular complexity index is 945. The zero-order valence-corrected chi connectivity index (χ0v) is 13.2. The quantitative estimate of drug-likeness (QED) is 0.627. The van der Waals surface area contributed by atoms with Gasteiger partial charge < -0.3 is 10.3 Å². The van der Waals surface area contributed by atoms with Crippen LogP contribution in [0.4, 0.5) is 0 Å². The fourth-order valence-corrected chi connectivity index (χ4v) is 2.98. The van der Waals surface area contributed by atoms with Crippen LogP contribution < -0.4 is 5.73 Å². The van der Waals surface area contributed by atoms with Crippen molar-refractivity contribution in [1.82, 2.24) is 14.5 Å². The Hall–Kier alpha value is -2.98. The third-order valence-corrected chi connectivity index (χ3v) is 4.21. The summed E-state index contributed by atoms with van der Waals surface area (Å²) in [6, 6.07) is 22.1. The van der Waals surface area contributed by atoms with Crippen LogP contribution in [0.2, 0.25) is 0 Å². The van der Waals surface area contributed by atoms with Gasteiger partial charge in [-0.05, 0) is 35.4 Å². The lowest BCUT2D eigenvalue weighted by atomic mass is 10.1. The molecule has 0 aliphatic rings. The largest absolute Gasteiger partial charge is 0.322 e. The van der Waals surface area contributed by atoms with Crippen LogP contribution >= 0.6 is 0 Å². The van der Waals surface area contributed by atoms with Crippen molar-refractivity contribution in [3.8, 4) is 0 Å². The van der Waals surface area contributed by atoms with E-state index in [1.807, 2.05) is 36.4 Å². The average molecular weight is 314 g/mol. The van der Waals surface area contributed by atoms with E-state index in [0.29, 0.717) is 0 Å². The van der Waals surface area contributed by atoms with Crippen molar-refractivity contribution < 1.29 is 0 Å². The van der Waals surface area contributed by atoms with E-state index in [1.54, 1.807) is 12.4 Å². The van der Waals surface area contributed by atoms with Crippen molar-refractivity contribution in [2.45, 2.75) is 12.6 Å². The lowest BCUT2D eigenvalue weighted by Gasteiger charge is -2.15. The maximum Gasteiger partial charge on any atom is 0.131 e. The molecule has 0 saturated carbocycles. The summed E-state index contributed by atoms with van der Waals surface area (Å²) >= 11 is 0. The highest BCUT2D eigenvalue weighted by atomic mass is 15.1. The van der Waals surface area contributed by atoms with E-state index in [9.17, 15) is 0 Å². The third-order valence-electron chi connectivity index (χ3n) is 4.21. The van der Waals surface area contributed by atoms with E-state index in [0.717, 1.165) is 29.0 Å². The second-order valence-electron chi connectivity index (χ2n) is 5.79. The predicted octanol–water partition coefficient (Wildman–Crippen LogP) is 3.53. The molecule has 1 atom stereocenters. The van der Waals surface area contributed by atoms with Crippen LogP contribution in [-0.2, 0) is 6.54 Å². The van der Waals surface area contributed by atoms with Gasteiger partial charge in [-0.15, -0.1) is 0 Å². The number of hydrogen-bond acceptors (Lipinski definition) is 3. The van der Waals surface area contributed by atoms with Gasteiger partial charge >= 0.3 is 0 Å². The number of hydrogen-bond donors (Lipinski definition) is 1. The summed E-state index contributed by atoms with van der Waals surface area (Å²) in [7, 11) is 0. The SMILES string of the molecule is NC(c1ccncc1)c1nc2ccccc2n1Cc1ccccc1. The second-order valence-corrected chi connectivity index (χ2v) is 5.79. The Morgan fingerprint density at radius 1 is 0.875 bits per heavy atom. The van der Waals surface area contributed by atoms with Crippen molar-refractivity contribution in [3.05, 3.63) is 96.1 Å². The zero-order chi connectivity index (χ0) is 16.4. The van der Waals surface area contributed by atoms with Crippen LogP contribution in [0.1, 0.15) is 23.0 Å². The molecule has 0 aliphatic carbocycles. The fraction of sp³-hybridized carbons (Fsp3) is 0.100. The predicted molar refractivity (Wildman–Crippen MR) is 95.5 cm³/mol. The van der Waals surface area contributed by atoms with Crippen LogP contribution in [0.3, 0.4) is 0 Å². The van der Waals surface area contributed by atoms with Crippen LogP contribution in [0, 0.1) is 0 Å². The Morgan fingerprint density at radius 2 is 1.58 bits per heavy atom. The van der Waals surface area contributed by atoms with E-state index < -0.39 is 0 Å². The molecule has 0 saturated heterocycles. The minimum Gasteiger partial charge on any atom is -0.322 e. The summed E-state index contributed by atoms with van der Waals surface area (Å²) in [5, 5.41) is 0. The molecular formula is C20H18N4. The zero-order valence-electron chi connectivity index (χ0n) is 13.2. The maximum absolute atomic E-state index is 6.52. The third kappa shape index (κ3) is 2.68. The Morgan fingerprint density at radius 3 is 2.38 bits per heavy atom. The van der Waals surface area contributed by atoms with E-state index in [1.165, 1.54) is 5.56 Å². The summed E-state index contributed by atoms with van der Waals surface area (Å²) in [6.07, 6.45) is 3.53. The molecule has 4 rings (SSSR count). The topological polar surface area (TPSA) is 56.7 Å². The van der Waals surface area contributed by atoms with Crippen molar-refractivity contribution in [2.75, 3.05) is 0 Å². The summed E-state index contributed by atoms with van der Waals surface area (Å²) < 4.78 is 2.20. The van der Waals surface area contributed by atoms with Crippen LogP contribution in [0.5, 0.6) is 0 Å². The molecule has 24 heavy (non-hydrogen) atoms. The van der Waals surface area contributed by atoms with Gasteiger partial charge in [-0.2, -0.15) is 0 Å². The van der Waals surface area contributed by atoms with E-state index in [4.69, 9.17) is 10.7 Å². The molecule has 0 aliphatic heterocycles. The molecule has 2 aromatic carbocycles. The van der Waals surface area contributed by atoms with E-state index in [-0.39, 0.29) is 6.04 Å². The summed E-state index contributed by atoms with van der Waals surface area (Å²) in [5.74, 6) is 0.867. The lowest BCUT2D eigenvalue weighted by Crippen LogP contribution is -2.18. The maximum atomic E-state index is 6.52. The van der Waals surface area contributed by atoms with Gasteiger partial charge in [0.2, 0.25) is 0 Å². The summed E-state index contributed by atoms with van der Waals surface area (Å²) in [6.45, 7) is 0.746. The smallest absolute Gasteiger partial charge is 0.131 e. The molecule has 118 valence electrons. The molecule has 2 N–H and O–H groups in total. The first-order valence-electron chi connectivity index (χ1n) is 7.97. The van der Waals surface area contributed by atoms with Gasteiger partial charge in [-0.3, -0.25) is 4.98 Å². The first kappa shape index (κ1) is 14.6. The van der Waals surface area contributed by atoms with Gasteiger partial charge in [0.05, 0.1) is 17.1 Å². The van der Waals surface area contributed by atoms with Crippen molar-refractivity contribution >= 4 is 11.0 Å². The summed E-state index contributed by atoms with van der Waals surface area (Å²) in [5.41, 5.74) is 10.8. The van der Waals surface area contributed by atoms with Gasteiger partial charge in [0.15, 0.2) is 0 Å². The number of nitrogens with zero attached hydrogens (tertiary/aromatic N) is 3. The molecule has 4 heteroatoms. The molecular weight excluding hydrogens is 296 g/mol. The molecule has 2 heterocycles. The number of imidazole rings is 1. The van der Waals surface area contributed by atoms with E-state index >= 15 is 0 Å². The Balaban J connectivity index is 1.84. The highest BCUT2D eigenvalue weighted by Crippen LogP contribution is 2.24.